The number of nitrogens with one attached hydrogen (secondary N) is 1. The van der Waals surface area contributed by atoms with Crippen LogP contribution in [0.5, 0.6) is 5.75 Å². The van der Waals surface area contributed by atoms with E-state index in [0.29, 0.717) is 11.6 Å². The first-order valence-electron chi connectivity index (χ1n) is 10.8. The van der Waals surface area contributed by atoms with Gasteiger partial charge in [0.25, 0.3) is 0 Å². The number of fused-ring (bicyclic) bond motifs is 1. The minimum absolute atomic E-state index is 0.0466. The summed E-state index contributed by atoms with van der Waals surface area (Å²) >= 11 is 0. The van der Waals surface area contributed by atoms with Gasteiger partial charge in [0.2, 0.25) is 0 Å². The van der Waals surface area contributed by atoms with Crippen LogP contribution in [0.15, 0.2) is 36.4 Å². The number of aromatic hydroxyl groups is 1. The molecule has 5 nitrogen and oxygen atoms in total. The predicted octanol–water partition coefficient (Wildman–Crippen LogP) is 5.45. The molecule has 0 atom stereocenters. The molecule has 0 saturated carbocycles. The molecular formula is C25H34N4O. The number of phenols is 1. The largest absolute Gasteiger partial charge is 0.505 e. The molecule has 160 valence electrons. The van der Waals surface area contributed by atoms with E-state index < -0.39 is 0 Å². The quantitative estimate of drug-likeness (QED) is 0.594. The van der Waals surface area contributed by atoms with Gasteiger partial charge in [-0.3, -0.25) is 0 Å². The Bertz CT molecular complexity index is 1040. The average molecular weight is 407 g/mol. The van der Waals surface area contributed by atoms with E-state index in [2.05, 4.69) is 76.1 Å². The first-order valence-corrected chi connectivity index (χ1v) is 10.8. The summed E-state index contributed by atoms with van der Waals surface area (Å²) < 4.78 is 0. The molecule has 1 aliphatic heterocycles. The lowest BCUT2D eigenvalue weighted by Crippen LogP contribution is -2.57. The molecule has 5 heteroatoms. The summed E-state index contributed by atoms with van der Waals surface area (Å²) in [6, 6.07) is 12.1. The summed E-state index contributed by atoms with van der Waals surface area (Å²) in [6.45, 7) is 15.5. The van der Waals surface area contributed by atoms with E-state index in [-0.39, 0.29) is 22.2 Å². The summed E-state index contributed by atoms with van der Waals surface area (Å²) in [5.74, 6) is 0.653. The summed E-state index contributed by atoms with van der Waals surface area (Å²) in [5.41, 5.74) is 4.38. The van der Waals surface area contributed by atoms with Crippen molar-refractivity contribution in [3.63, 3.8) is 0 Å². The zero-order chi connectivity index (χ0) is 21.9. The number of aromatic nitrogens is 3. The second kappa shape index (κ2) is 6.81. The summed E-state index contributed by atoms with van der Waals surface area (Å²) in [7, 11) is 0. The van der Waals surface area contributed by atoms with Gasteiger partial charge in [-0.25, -0.2) is 0 Å². The number of benzene rings is 2. The van der Waals surface area contributed by atoms with Crippen LogP contribution in [0.4, 0.5) is 0 Å². The van der Waals surface area contributed by atoms with Gasteiger partial charge in [-0.15, -0.1) is 15.0 Å². The Morgan fingerprint density at radius 2 is 1.50 bits per heavy atom. The normalized spacial score (nSPS) is 19.3. The number of hydrogen-bond donors (Lipinski definition) is 2. The van der Waals surface area contributed by atoms with E-state index in [0.717, 1.165) is 29.4 Å². The zero-order valence-corrected chi connectivity index (χ0v) is 19.2. The number of phenolic OH excluding ortho intramolecular Hbond substituents is 1. The van der Waals surface area contributed by atoms with Crippen molar-refractivity contribution in [3.8, 4) is 11.4 Å². The van der Waals surface area contributed by atoms with Crippen molar-refractivity contribution in [2.24, 2.45) is 0 Å². The molecule has 2 N–H and O–H groups in total. The summed E-state index contributed by atoms with van der Waals surface area (Å²) in [4.78, 5) is 1.59. The van der Waals surface area contributed by atoms with E-state index in [1.807, 2.05) is 24.3 Å². The maximum absolute atomic E-state index is 11.2. The molecule has 0 amide bonds. The fourth-order valence-electron chi connectivity index (χ4n) is 5.13. The molecule has 4 rings (SSSR count). The number of piperidine rings is 1. The molecule has 1 fully saturated rings. The maximum Gasteiger partial charge on any atom is 0.146 e. The van der Waals surface area contributed by atoms with Gasteiger partial charge in [-0.1, -0.05) is 39.0 Å². The van der Waals surface area contributed by atoms with Gasteiger partial charge < -0.3 is 10.4 Å². The number of hydrogen-bond acceptors (Lipinski definition) is 4. The SMILES string of the molecule is CC1(C)CC(c2cc(-n3nc4ccccc4n3)c(O)c(C(C)(C)C)c2)CC(C)(C)N1. The highest BCUT2D eigenvalue weighted by atomic mass is 16.3. The van der Waals surface area contributed by atoms with Crippen LogP contribution in [0.2, 0.25) is 0 Å². The molecule has 0 radical (unpaired) electrons. The van der Waals surface area contributed by atoms with Crippen LogP contribution < -0.4 is 5.32 Å². The molecule has 0 aliphatic carbocycles. The van der Waals surface area contributed by atoms with Crippen molar-refractivity contribution in [2.75, 3.05) is 0 Å². The molecule has 1 saturated heterocycles. The Kier molecular flexibility index (Phi) is 4.73. The smallest absolute Gasteiger partial charge is 0.146 e. The standard InChI is InChI=1S/C25H34N4O/c1-23(2,3)18-12-16(17-14-24(4,5)28-25(6,7)15-17)13-21(22(18)30)29-26-19-10-8-9-11-20(19)27-29/h8-13,17,28,30H,14-15H2,1-7H3. The lowest BCUT2D eigenvalue weighted by atomic mass is 9.72. The second-order valence-corrected chi connectivity index (χ2v) is 11.2. The van der Waals surface area contributed by atoms with Crippen LogP contribution in [0, 0.1) is 0 Å². The van der Waals surface area contributed by atoms with Crippen LogP contribution in [-0.4, -0.2) is 31.2 Å². The van der Waals surface area contributed by atoms with Crippen LogP contribution in [0.25, 0.3) is 16.7 Å². The monoisotopic (exact) mass is 406 g/mol. The highest BCUT2D eigenvalue weighted by molar-refractivity contribution is 5.73. The minimum atomic E-state index is -0.195. The Morgan fingerprint density at radius 1 is 0.967 bits per heavy atom. The van der Waals surface area contributed by atoms with E-state index in [1.54, 1.807) is 4.80 Å². The number of rotatable bonds is 2. The highest BCUT2D eigenvalue weighted by Gasteiger charge is 2.39. The minimum Gasteiger partial charge on any atom is -0.505 e. The number of nitrogens with zero attached hydrogens (tertiary/aromatic N) is 3. The first kappa shape index (κ1) is 20.9. The van der Waals surface area contributed by atoms with Crippen molar-refractivity contribution in [2.45, 2.75) is 83.7 Å². The van der Waals surface area contributed by atoms with Gasteiger partial charge >= 0.3 is 0 Å². The molecule has 0 bridgehead atoms. The fraction of sp³-hybridized carbons (Fsp3) is 0.520. The third-order valence-electron chi connectivity index (χ3n) is 6.08. The van der Waals surface area contributed by atoms with Crippen LogP contribution in [0.1, 0.15) is 78.4 Å². The molecule has 2 heterocycles. The van der Waals surface area contributed by atoms with Gasteiger partial charge in [-0.05, 0) is 75.6 Å². The fourth-order valence-corrected chi connectivity index (χ4v) is 5.13. The molecule has 3 aromatic rings. The zero-order valence-electron chi connectivity index (χ0n) is 19.2. The van der Waals surface area contributed by atoms with Crippen molar-refractivity contribution in [1.29, 1.82) is 0 Å². The van der Waals surface area contributed by atoms with Crippen LogP contribution in [-0.2, 0) is 5.41 Å². The topological polar surface area (TPSA) is 63.0 Å². The van der Waals surface area contributed by atoms with Gasteiger partial charge in [0.05, 0.1) is 0 Å². The Labute approximate surface area is 179 Å². The predicted molar refractivity (Wildman–Crippen MR) is 122 cm³/mol. The molecule has 1 aromatic heterocycles. The Morgan fingerprint density at radius 3 is 2.00 bits per heavy atom. The average Bonchev–Trinajstić information content (AvgIpc) is 3.02. The molecular weight excluding hydrogens is 372 g/mol. The van der Waals surface area contributed by atoms with E-state index >= 15 is 0 Å². The maximum atomic E-state index is 11.2. The third kappa shape index (κ3) is 3.95. The molecule has 2 aromatic carbocycles. The third-order valence-corrected chi connectivity index (χ3v) is 6.08. The van der Waals surface area contributed by atoms with Crippen molar-refractivity contribution < 1.29 is 5.11 Å². The first-order chi connectivity index (χ1) is 13.8. The van der Waals surface area contributed by atoms with Crippen molar-refractivity contribution in [1.82, 2.24) is 20.3 Å². The highest BCUT2D eigenvalue weighted by Crippen LogP contribution is 2.43. The molecule has 0 spiro atoms. The summed E-state index contributed by atoms with van der Waals surface area (Å²) in [6.07, 6.45) is 2.08. The van der Waals surface area contributed by atoms with Gasteiger partial charge in [-0.2, -0.15) is 0 Å². The van der Waals surface area contributed by atoms with Gasteiger partial charge in [0.15, 0.2) is 0 Å². The lowest BCUT2D eigenvalue weighted by Gasteiger charge is -2.47. The lowest BCUT2D eigenvalue weighted by molar-refractivity contribution is 0.161. The van der Waals surface area contributed by atoms with Crippen LogP contribution >= 0.6 is 0 Å². The van der Waals surface area contributed by atoms with E-state index in [9.17, 15) is 5.11 Å². The van der Waals surface area contributed by atoms with E-state index in [4.69, 9.17) is 0 Å². The molecule has 0 unspecified atom stereocenters. The van der Waals surface area contributed by atoms with Crippen molar-refractivity contribution >= 4 is 11.0 Å². The van der Waals surface area contributed by atoms with Crippen molar-refractivity contribution in [3.05, 3.63) is 47.5 Å². The Balaban J connectivity index is 1.89. The van der Waals surface area contributed by atoms with Crippen LogP contribution in [0.3, 0.4) is 0 Å². The Hall–Kier alpha value is -2.40. The molecule has 30 heavy (non-hydrogen) atoms. The van der Waals surface area contributed by atoms with Gasteiger partial charge in [0.1, 0.15) is 22.5 Å². The molecule has 1 aliphatic rings. The van der Waals surface area contributed by atoms with E-state index in [1.165, 1.54) is 5.56 Å². The second-order valence-electron chi connectivity index (χ2n) is 11.2. The summed E-state index contributed by atoms with van der Waals surface area (Å²) in [5, 5.41) is 24.3. The van der Waals surface area contributed by atoms with Gasteiger partial charge in [0, 0.05) is 16.6 Å².